The first-order chi connectivity index (χ1) is 18.6. The second-order valence-corrected chi connectivity index (χ2v) is 10.3. The van der Waals surface area contributed by atoms with Gasteiger partial charge in [0.2, 0.25) is 0 Å². The number of aryl methyl sites for hydroxylation is 1. The van der Waals surface area contributed by atoms with Crippen molar-refractivity contribution in [3.8, 4) is 5.69 Å². The Labute approximate surface area is 225 Å². The summed E-state index contributed by atoms with van der Waals surface area (Å²) < 4.78 is 34.3. The van der Waals surface area contributed by atoms with E-state index in [1.54, 1.807) is 73.3 Å². The second-order valence-electron chi connectivity index (χ2n) is 10.3. The zero-order valence-electron chi connectivity index (χ0n) is 22.5. The molecule has 204 valence electrons. The number of piperidine rings is 1. The second kappa shape index (κ2) is 10.3. The number of hydrogen-bond donors (Lipinski definition) is 1. The van der Waals surface area contributed by atoms with Gasteiger partial charge in [0, 0.05) is 75.5 Å². The summed E-state index contributed by atoms with van der Waals surface area (Å²) in [4.78, 5) is 32.6. The van der Waals surface area contributed by atoms with Crippen molar-refractivity contribution in [1.29, 1.82) is 0 Å². The van der Waals surface area contributed by atoms with Gasteiger partial charge in [-0.25, -0.2) is 13.8 Å². The molecule has 39 heavy (non-hydrogen) atoms. The number of alkyl halides is 2. The van der Waals surface area contributed by atoms with E-state index in [-0.39, 0.29) is 18.0 Å². The topological polar surface area (TPSA) is 75.4 Å². The molecule has 4 aromatic rings. The lowest BCUT2D eigenvalue weighted by Gasteiger charge is -2.38. The molecule has 5 rings (SSSR count). The first kappa shape index (κ1) is 26.6. The van der Waals surface area contributed by atoms with Crippen LogP contribution in [0.1, 0.15) is 34.0 Å². The number of pyridine rings is 2. The van der Waals surface area contributed by atoms with Crippen LogP contribution in [0.2, 0.25) is 0 Å². The van der Waals surface area contributed by atoms with Gasteiger partial charge >= 0.3 is 0 Å². The highest BCUT2D eigenvalue weighted by atomic mass is 19.3. The largest absolute Gasteiger partial charge is 0.388 e. The molecule has 1 aliphatic heterocycles. The first-order valence-corrected chi connectivity index (χ1v) is 12.8. The van der Waals surface area contributed by atoms with E-state index in [0.717, 1.165) is 16.8 Å². The summed E-state index contributed by atoms with van der Waals surface area (Å²) in [5, 5.41) is 3.74. The Morgan fingerprint density at radius 1 is 1.15 bits per heavy atom. The van der Waals surface area contributed by atoms with Gasteiger partial charge in [-0.3, -0.25) is 19.1 Å². The van der Waals surface area contributed by atoms with Crippen LogP contribution in [0.25, 0.3) is 16.7 Å². The highest BCUT2D eigenvalue weighted by molar-refractivity contribution is 5.93. The van der Waals surface area contributed by atoms with Crippen molar-refractivity contribution in [2.24, 2.45) is 7.05 Å². The summed E-state index contributed by atoms with van der Waals surface area (Å²) in [6, 6.07) is 13.6. The molecule has 1 aromatic carbocycles. The normalized spacial score (nSPS) is 17.3. The molecule has 3 aromatic heterocycles. The van der Waals surface area contributed by atoms with Crippen molar-refractivity contribution >= 4 is 22.6 Å². The van der Waals surface area contributed by atoms with E-state index in [1.807, 2.05) is 23.7 Å². The highest BCUT2D eigenvalue weighted by Gasteiger charge is 2.45. The van der Waals surface area contributed by atoms with Crippen LogP contribution in [0.3, 0.4) is 0 Å². The molecular weight excluding hydrogens is 502 g/mol. The lowest BCUT2D eigenvalue weighted by atomic mass is 9.85. The van der Waals surface area contributed by atoms with Crippen LogP contribution < -0.4 is 10.9 Å². The number of halogens is 2. The first-order valence-electron chi connectivity index (χ1n) is 12.8. The lowest BCUT2D eigenvalue weighted by molar-refractivity contribution is -0.0851. The van der Waals surface area contributed by atoms with Crippen molar-refractivity contribution in [3.63, 3.8) is 0 Å². The molecule has 1 saturated heterocycles. The molecular formula is C29H32F2N6O2. The number of amides is 1. The minimum Gasteiger partial charge on any atom is -0.388 e. The molecule has 1 N–H and O–H groups in total. The van der Waals surface area contributed by atoms with Crippen molar-refractivity contribution in [2.75, 3.05) is 39.5 Å². The Hall–Kier alpha value is -4.05. The maximum Gasteiger partial charge on any atom is 0.267 e. The van der Waals surface area contributed by atoms with Gasteiger partial charge in [0.25, 0.3) is 17.4 Å². The molecule has 0 radical (unpaired) electrons. The Morgan fingerprint density at radius 3 is 2.54 bits per heavy atom. The highest BCUT2D eigenvalue weighted by Crippen LogP contribution is 2.41. The van der Waals surface area contributed by atoms with Gasteiger partial charge in [0.05, 0.1) is 18.2 Å². The number of carbonyl (C=O) groups is 1. The average molecular weight is 535 g/mol. The Morgan fingerprint density at radius 2 is 1.90 bits per heavy atom. The Kier molecular flexibility index (Phi) is 6.98. The van der Waals surface area contributed by atoms with Crippen molar-refractivity contribution < 1.29 is 13.6 Å². The third kappa shape index (κ3) is 5.04. The molecule has 0 saturated carbocycles. The predicted octanol–water partition coefficient (Wildman–Crippen LogP) is 4.09. The van der Waals surface area contributed by atoms with E-state index in [2.05, 4.69) is 10.3 Å². The van der Waals surface area contributed by atoms with E-state index in [4.69, 9.17) is 0 Å². The number of carbonyl (C=O) groups excluding carboxylic acids is 1. The van der Waals surface area contributed by atoms with Crippen molar-refractivity contribution in [1.82, 2.24) is 23.9 Å². The summed E-state index contributed by atoms with van der Waals surface area (Å²) in [5.41, 5.74) is 3.77. The summed E-state index contributed by atoms with van der Waals surface area (Å²) >= 11 is 0. The molecule has 4 heterocycles. The summed E-state index contributed by atoms with van der Waals surface area (Å²) in [5.74, 6) is -4.00. The van der Waals surface area contributed by atoms with Crippen LogP contribution in [0.15, 0.2) is 65.7 Å². The number of nitrogens with one attached hydrogen (secondary N) is 1. The van der Waals surface area contributed by atoms with Crippen LogP contribution in [0, 0.1) is 0 Å². The van der Waals surface area contributed by atoms with Gasteiger partial charge < -0.3 is 14.8 Å². The standard InChI is InChI=1S/C29H32F2N6O2/c1-32-21-10-14-37(26(38)15-21)25-9-12-33-27-23(25)16-22(35(27)4)17-36-13-11-24(29(30,31)18-36)19-5-7-20(8-6-19)28(39)34(2)3/h5-10,12,14-16,24,32H,11,13,17-18H2,1-4H3. The van der Waals surface area contributed by atoms with Gasteiger partial charge in [0.15, 0.2) is 0 Å². The smallest absolute Gasteiger partial charge is 0.267 e. The van der Waals surface area contributed by atoms with E-state index >= 15 is 8.78 Å². The molecule has 0 spiro atoms. The molecule has 8 nitrogen and oxygen atoms in total. The lowest BCUT2D eigenvalue weighted by Crippen LogP contribution is -2.47. The fraction of sp³-hybridized carbons (Fsp3) is 0.345. The number of hydrogen-bond acceptors (Lipinski definition) is 5. The van der Waals surface area contributed by atoms with E-state index in [9.17, 15) is 9.59 Å². The summed E-state index contributed by atoms with van der Waals surface area (Å²) in [7, 11) is 6.94. The van der Waals surface area contributed by atoms with Crippen LogP contribution in [-0.2, 0) is 13.6 Å². The number of nitrogens with zero attached hydrogens (tertiary/aromatic N) is 5. The van der Waals surface area contributed by atoms with Crippen LogP contribution in [0.5, 0.6) is 0 Å². The zero-order valence-corrected chi connectivity index (χ0v) is 22.5. The minimum absolute atomic E-state index is 0.157. The molecule has 1 atom stereocenters. The van der Waals surface area contributed by atoms with Gasteiger partial charge in [0.1, 0.15) is 5.65 Å². The average Bonchev–Trinajstić information content (AvgIpc) is 3.23. The van der Waals surface area contributed by atoms with Crippen LogP contribution in [-0.4, -0.2) is 70.0 Å². The molecule has 0 bridgehead atoms. The fourth-order valence-corrected chi connectivity index (χ4v) is 5.35. The molecule has 10 heteroatoms. The van der Waals surface area contributed by atoms with Gasteiger partial charge in [-0.05, 0) is 48.9 Å². The quantitative estimate of drug-likeness (QED) is 0.403. The summed E-state index contributed by atoms with van der Waals surface area (Å²) in [6.45, 7) is 0.465. The van der Waals surface area contributed by atoms with Crippen LogP contribution >= 0.6 is 0 Å². The van der Waals surface area contributed by atoms with E-state index in [0.29, 0.717) is 42.0 Å². The number of likely N-dealkylation sites (tertiary alicyclic amines) is 1. The van der Waals surface area contributed by atoms with Gasteiger partial charge in [-0.1, -0.05) is 12.1 Å². The molecule has 0 aliphatic carbocycles. The number of rotatable bonds is 6. The third-order valence-corrected chi connectivity index (χ3v) is 7.50. The van der Waals surface area contributed by atoms with E-state index in [1.165, 1.54) is 11.0 Å². The minimum atomic E-state index is -2.93. The maximum atomic E-state index is 15.4. The summed E-state index contributed by atoms with van der Waals surface area (Å²) in [6.07, 6.45) is 3.66. The molecule has 1 fully saturated rings. The van der Waals surface area contributed by atoms with Crippen LogP contribution in [0.4, 0.5) is 14.5 Å². The maximum absolute atomic E-state index is 15.4. The molecule has 1 amide bonds. The molecule has 1 aliphatic rings. The van der Waals surface area contributed by atoms with Crippen molar-refractivity contribution in [2.45, 2.75) is 24.8 Å². The number of fused-ring (bicyclic) bond motifs is 1. The fourth-order valence-electron chi connectivity index (χ4n) is 5.35. The number of anilines is 1. The third-order valence-electron chi connectivity index (χ3n) is 7.50. The zero-order chi connectivity index (χ0) is 27.9. The number of benzene rings is 1. The van der Waals surface area contributed by atoms with Gasteiger partial charge in [-0.2, -0.15) is 0 Å². The SMILES string of the molecule is CNc1ccn(-c2ccnc3c2cc(CN2CCC(c4ccc(C(=O)N(C)C)cc4)C(F)(F)C2)n3C)c(=O)c1. The Bertz CT molecular complexity index is 1580. The monoisotopic (exact) mass is 534 g/mol. The molecule has 1 unspecified atom stereocenters. The van der Waals surface area contributed by atoms with E-state index < -0.39 is 11.8 Å². The van der Waals surface area contributed by atoms with Gasteiger partial charge in [-0.15, -0.1) is 0 Å². The van der Waals surface area contributed by atoms with Crippen molar-refractivity contribution in [3.05, 3.63) is 88.1 Å². The Balaban J connectivity index is 1.36. The number of aromatic nitrogens is 3. The predicted molar refractivity (Wildman–Crippen MR) is 148 cm³/mol.